The van der Waals surface area contributed by atoms with E-state index < -0.39 is 0 Å². The lowest BCUT2D eigenvalue weighted by atomic mass is 10.0. The minimum absolute atomic E-state index is 0.661. The largest absolute Gasteiger partial charge is 0.309 e. The third kappa shape index (κ3) is 4.71. The summed E-state index contributed by atoms with van der Waals surface area (Å²) >= 11 is 1.82. The summed E-state index contributed by atoms with van der Waals surface area (Å²) in [5, 5.41) is 4.93. The molecule has 0 saturated heterocycles. The van der Waals surface area contributed by atoms with E-state index in [0.717, 1.165) is 22.4 Å². The summed E-state index contributed by atoms with van der Waals surface area (Å²) in [6.45, 7) is 0. The van der Waals surface area contributed by atoms with Crippen LogP contribution in [-0.4, -0.2) is 19.5 Å². The topological polar surface area (TPSA) is 43.6 Å². The van der Waals surface area contributed by atoms with E-state index in [1.807, 2.05) is 72.0 Å². The van der Waals surface area contributed by atoms with Crippen LogP contribution in [0.4, 0.5) is 0 Å². The molecule has 0 bridgehead atoms. The van der Waals surface area contributed by atoms with Crippen molar-refractivity contribution in [3.05, 3.63) is 170 Å². The zero-order chi connectivity index (χ0) is 33.0. The van der Waals surface area contributed by atoms with Gasteiger partial charge in [-0.05, 0) is 42.0 Å². The van der Waals surface area contributed by atoms with Crippen molar-refractivity contribution < 1.29 is 0 Å². The smallest absolute Gasteiger partial charge is 0.164 e. The van der Waals surface area contributed by atoms with Gasteiger partial charge in [-0.1, -0.05) is 133 Å². The molecular weight excluding hydrogens is 629 g/mol. The Bertz CT molecular complexity index is 2800. The van der Waals surface area contributed by atoms with Crippen molar-refractivity contribution in [3.63, 3.8) is 0 Å². The van der Waals surface area contributed by atoms with Crippen LogP contribution in [0.25, 0.3) is 93.0 Å². The van der Waals surface area contributed by atoms with Crippen molar-refractivity contribution in [3.8, 4) is 51.0 Å². The van der Waals surface area contributed by atoms with Gasteiger partial charge in [0.1, 0.15) is 0 Å². The van der Waals surface area contributed by atoms with Gasteiger partial charge in [-0.15, -0.1) is 11.3 Å². The first kappa shape index (κ1) is 28.6. The second-order valence-electron chi connectivity index (χ2n) is 12.5. The fraction of sp³-hybridized carbons (Fsp3) is 0. The molecule has 0 spiro atoms. The highest BCUT2D eigenvalue weighted by Crippen LogP contribution is 2.41. The molecule has 0 N–H and O–H groups in total. The Labute approximate surface area is 292 Å². The van der Waals surface area contributed by atoms with Crippen LogP contribution in [0.5, 0.6) is 0 Å². The van der Waals surface area contributed by atoms with Crippen LogP contribution < -0.4 is 0 Å². The van der Waals surface area contributed by atoms with Gasteiger partial charge in [-0.25, -0.2) is 15.0 Å². The average Bonchev–Trinajstić information content (AvgIpc) is 3.73. The maximum Gasteiger partial charge on any atom is 0.164 e. The van der Waals surface area contributed by atoms with Crippen molar-refractivity contribution in [2.75, 3.05) is 0 Å². The fourth-order valence-electron chi connectivity index (χ4n) is 7.12. The van der Waals surface area contributed by atoms with Crippen LogP contribution in [0.15, 0.2) is 170 Å². The third-order valence-corrected chi connectivity index (χ3v) is 10.6. The van der Waals surface area contributed by atoms with E-state index in [9.17, 15) is 0 Å². The number of benzene rings is 7. The summed E-state index contributed by atoms with van der Waals surface area (Å²) in [6, 6.07) is 59.8. The number of nitrogens with zero attached hydrogens (tertiary/aromatic N) is 4. The zero-order valence-electron chi connectivity index (χ0n) is 26.9. The molecule has 234 valence electrons. The molecule has 0 aliphatic carbocycles. The molecule has 0 saturated carbocycles. The summed E-state index contributed by atoms with van der Waals surface area (Å²) in [6.07, 6.45) is 0. The first-order chi connectivity index (χ1) is 24.8. The summed E-state index contributed by atoms with van der Waals surface area (Å²) in [5.74, 6) is 1.99. The molecule has 7 aromatic carbocycles. The van der Waals surface area contributed by atoms with Crippen molar-refractivity contribution >= 4 is 53.3 Å². The second kappa shape index (κ2) is 11.6. The van der Waals surface area contributed by atoms with Crippen molar-refractivity contribution in [2.24, 2.45) is 0 Å². The van der Waals surface area contributed by atoms with Gasteiger partial charge in [0.25, 0.3) is 0 Å². The lowest BCUT2D eigenvalue weighted by molar-refractivity contribution is 1.07. The first-order valence-corrected chi connectivity index (χ1v) is 17.5. The van der Waals surface area contributed by atoms with Crippen molar-refractivity contribution in [1.29, 1.82) is 0 Å². The van der Waals surface area contributed by atoms with Crippen LogP contribution in [0, 0.1) is 0 Å². The average molecular weight is 657 g/mol. The van der Waals surface area contributed by atoms with Gasteiger partial charge < -0.3 is 4.57 Å². The number of rotatable bonds is 5. The van der Waals surface area contributed by atoms with Gasteiger partial charge >= 0.3 is 0 Å². The van der Waals surface area contributed by atoms with Crippen molar-refractivity contribution in [1.82, 2.24) is 19.5 Å². The number of hydrogen-bond donors (Lipinski definition) is 0. The molecule has 0 aliphatic rings. The molecule has 3 heterocycles. The molecule has 4 nitrogen and oxygen atoms in total. The molecule has 0 radical (unpaired) electrons. The van der Waals surface area contributed by atoms with Gasteiger partial charge in [-0.2, -0.15) is 0 Å². The quantitative estimate of drug-likeness (QED) is 0.185. The molecule has 0 aliphatic heterocycles. The van der Waals surface area contributed by atoms with Crippen LogP contribution in [0.3, 0.4) is 0 Å². The predicted molar refractivity (Wildman–Crippen MR) is 209 cm³/mol. The molecule has 0 unspecified atom stereocenters. The minimum Gasteiger partial charge on any atom is -0.309 e. The zero-order valence-corrected chi connectivity index (χ0v) is 27.7. The number of para-hydroxylation sites is 2. The van der Waals surface area contributed by atoms with Gasteiger partial charge in [-0.3, -0.25) is 0 Å². The number of aromatic nitrogens is 4. The Kier molecular flexibility index (Phi) is 6.64. The highest BCUT2D eigenvalue weighted by Gasteiger charge is 2.18. The predicted octanol–water partition coefficient (Wildman–Crippen LogP) is 12.0. The molecule has 10 rings (SSSR count). The standard InChI is InChI=1S/C45H28N4S/c1-4-13-29(14-5-1)34-20-12-21-37-35-19-10-11-22-39(35)49(42(34)37)33-24-25-36-38-27-32(23-26-40(38)50-41(36)28-33)45-47-43(30-15-6-2-7-16-30)46-44(48-45)31-17-8-3-9-18-31/h1-28H. The maximum atomic E-state index is 4.99. The summed E-state index contributed by atoms with van der Waals surface area (Å²) in [7, 11) is 0. The fourth-order valence-corrected chi connectivity index (χ4v) is 8.24. The van der Waals surface area contributed by atoms with Gasteiger partial charge in [0.15, 0.2) is 17.5 Å². The summed E-state index contributed by atoms with van der Waals surface area (Å²) < 4.78 is 4.90. The van der Waals surface area contributed by atoms with Crippen LogP contribution in [0.2, 0.25) is 0 Å². The molecule has 10 aromatic rings. The number of fused-ring (bicyclic) bond motifs is 6. The Morgan fingerprint density at radius 2 is 0.980 bits per heavy atom. The summed E-state index contributed by atoms with van der Waals surface area (Å²) in [4.78, 5) is 14.9. The lowest BCUT2D eigenvalue weighted by Gasteiger charge is -2.12. The molecule has 0 amide bonds. The molecule has 0 fully saturated rings. The van der Waals surface area contributed by atoms with E-state index in [1.165, 1.54) is 53.1 Å². The molecule has 3 aromatic heterocycles. The van der Waals surface area contributed by atoms with E-state index in [-0.39, 0.29) is 0 Å². The van der Waals surface area contributed by atoms with Crippen LogP contribution in [0.1, 0.15) is 0 Å². The van der Waals surface area contributed by atoms with E-state index in [4.69, 9.17) is 15.0 Å². The van der Waals surface area contributed by atoms with Gasteiger partial charge in [0.2, 0.25) is 0 Å². The van der Waals surface area contributed by atoms with Gasteiger partial charge in [0.05, 0.1) is 11.0 Å². The summed E-state index contributed by atoms with van der Waals surface area (Å²) in [5.41, 5.74) is 8.90. The van der Waals surface area contributed by atoms with Crippen molar-refractivity contribution in [2.45, 2.75) is 0 Å². The van der Waals surface area contributed by atoms with E-state index in [0.29, 0.717) is 17.5 Å². The first-order valence-electron chi connectivity index (χ1n) is 16.7. The highest BCUT2D eigenvalue weighted by molar-refractivity contribution is 7.25. The maximum absolute atomic E-state index is 4.99. The minimum atomic E-state index is 0.661. The Hall–Kier alpha value is -6.43. The second-order valence-corrected chi connectivity index (χ2v) is 13.5. The monoisotopic (exact) mass is 656 g/mol. The SMILES string of the molecule is c1ccc(-c2nc(-c3ccccc3)nc(-c3ccc4sc5cc(-n6c7ccccc7c7cccc(-c8ccccc8)c76)ccc5c4c3)n2)cc1. The lowest BCUT2D eigenvalue weighted by Crippen LogP contribution is -2.00. The highest BCUT2D eigenvalue weighted by atomic mass is 32.1. The Morgan fingerprint density at radius 3 is 1.68 bits per heavy atom. The Balaban J connectivity index is 1.14. The van der Waals surface area contributed by atoms with Gasteiger partial charge in [0, 0.05) is 58.9 Å². The van der Waals surface area contributed by atoms with E-state index in [2.05, 4.69) is 114 Å². The van der Waals surface area contributed by atoms with Crippen LogP contribution in [-0.2, 0) is 0 Å². The molecular formula is C45H28N4S. The molecule has 50 heavy (non-hydrogen) atoms. The third-order valence-electron chi connectivity index (χ3n) is 9.45. The molecule has 5 heteroatoms. The molecule has 0 atom stereocenters. The number of hydrogen-bond acceptors (Lipinski definition) is 4. The Morgan fingerprint density at radius 1 is 0.380 bits per heavy atom. The van der Waals surface area contributed by atoms with Crippen LogP contribution >= 0.6 is 11.3 Å². The van der Waals surface area contributed by atoms with E-state index >= 15 is 0 Å². The van der Waals surface area contributed by atoms with E-state index in [1.54, 1.807) is 0 Å². The number of thiophene rings is 1. The normalized spacial score (nSPS) is 11.6.